The minimum absolute atomic E-state index is 0.00798. The molecule has 16 heteroatoms. The van der Waals surface area contributed by atoms with E-state index in [-0.39, 0.29) is 105 Å². The van der Waals surface area contributed by atoms with Gasteiger partial charge in [0.1, 0.15) is 110 Å². The van der Waals surface area contributed by atoms with Crippen LogP contribution in [0, 0.1) is 0 Å². The highest BCUT2D eigenvalue weighted by molar-refractivity contribution is 6.70. The van der Waals surface area contributed by atoms with Gasteiger partial charge in [0.2, 0.25) is 0 Å². The normalized spacial score (nSPS) is 11.5. The highest BCUT2D eigenvalue weighted by Crippen LogP contribution is 2.40. The molecular weight excluding hydrogens is 516 g/mol. The molecule has 4 aromatic rings. The van der Waals surface area contributed by atoms with Crippen LogP contribution >= 0.6 is 0 Å². The van der Waals surface area contributed by atoms with Crippen LogP contribution in [0.4, 0.5) is 17.1 Å². The summed E-state index contributed by atoms with van der Waals surface area (Å²) in [4.78, 5) is 0. The first-order valence-corrected chi connectivity index (χ1v) is 13.2. The predicted molar refractivity (Wildman–Crippen MR) is 206 cm³/mol. The number of nitrogens with one attached hydrogen (secondary N) is 1. The van der Waals surface area contributed by atoms with Crippen molar-refractivity contribution in [3.63, 3.8) is 0 Å². The van der Waals surface area contributed by atoms with E-state index in [0.717, 1.165) is 5.56 Å². The third-order valence-electron chi connectivity index (χ3n) is 7.89. The second kappa shape index (κ2) is 12.0. The maximum absolute atomic E-state index is 6.57. The van der Waals surface area contributed by atoms with Crippen LogP contribution in [0.1, 0.15) is 26.3 Å². The Morgan fingerprint density at radius 2 is 0.727 bits per heavy atom. The van der Waals surface area contributed by atoms with Crippen LogP contribution in [0.5, 0.6) is 0 Å². The van der Waals surface area contributed by atoms with E-state index < -0.39 is 5.41 Å². The number of rotatable bonds is 4. The Kier molecular flexibility index (Phi) is 9.31. The molecule has 0 bridgehead atoms. The average Bonchev–Trinajstić information content (AvgIpc) is 2.97. The first-order chi connectivity index (χ1) is 20.2. The van der Waals surface area contributed by atoms with Crippen LogP contribution in [-0.4, -0.2) is 110 Å². The molecule has 3 N–H and O–H groups in total. The van der Waals surface area contributed by atoms with Crippen molar-refractivity contribution in [3.8, 4) is 22.3 Å². The summed E-state index contributed by atoms with van der Waals surface area (Å²) in [5.41, 5.74) is 8.92. The molecule has 0 aromatic heterocycles. The number of nitrogens with two attached hydrogens (primary N) is 1. The molecule has 0 aliphatic carbocycles. The Hall–Kier alpha value is -2.61. The van der Waals surface area contributed by atoms with E-state index in [1.54, 1.807) is 0 Å². The molecule has 0 aliphatic rings. The minimum atomic E-state index is -0.459. The third-order valence-corrected chi connectivity index (χ3v) is 7.89. The molecule has 0 fully saturated rings. The molecule has 0 amide bonds. The van der Waals surface area contributed by atoms with Crippen molar-refractivity contribution in [2.75, 3.05) is 11.1 Å². The molecule has 0 heterocycles. The maximum atomic E-state index is 6.57. The largest absolute Gasteiger partial charge is 0.398 e. The summed E-state index contributed by atoms with van der Waals surface area (Å²) < 4.78 is 0. The van der Waals surface area contributed by atoms with Crippen molar-refractivity contribution in [1.29, 1.82) is 0 Å². The molecule has 178 valence electrons. The van der Waals surface area contributed by atoms with Crippen molar-refractivity contribution in [2.24, 2.45) is 0 Å². The zero-order chi connectivity index (χ0) is 33.3. The quantitative estimate of drug-likeness (QED) is 0.204. The van der Waals surface area contributed by atoms with Crippen molar-refractivity contribution in [2.45, 2.75) is 26.2 Å². The van der Waals surface area contributed by atoms with Gasteiger partial charge >= 0.3 is 0 Å². The van der Waals surface area contributed by atoms with E-state index >= 15 is 0 Å². The van der Waals surface area contributed by atoms with E-state index in [9.17, 15) is 0 Å². The Labute approximate surface area is 279 Å². The molecule has 4 aromatic carbocycles. The Morgan fingerprint density at radius 3 is 1.07 bits per heavy atom. The molecule has 2 nitrogen and oxygen atoms in total. The van der Waals surface area contributed by atoms with E-state index in [2.05, 4.69) is 5.32 Å². The average molecular weight is 530 g/mol. The Balaban J connectivity index is 2.33. The van der Waals surface area contributed by atoms with Crippen molar-refractivity contribution in [1.82, 2.24) is 0 Å². The van der Waals surface area contributed by atoms with Crippen molar-refractivity contribution in [3.05, 3.63) is 17.7 Å². The standard InChI is InChI=1S/C28H14B14N2/c1-28(2,3)6-4-7(9-11(29)15(33)19(37)16(34)12(9)30)26(44-27-24(42)22(40)21(39)23(41)25(27)43)8(5-6)10-13(31)17(35)20(38)18(36)14(10)32/h4-5,44H,43H2,1-3H3. The van der Waals surface area contributed by atoms with Gasteiger partial charge in [-0.1, -0.05) is 53.5 Å². The molecule has 44 heavy (non-hydrogen) atoms. The molecule has 0 atom stereocenters. The van der Waals surface area contributed by atoms with Crippen molar-refractivity contribution < 1.29 is 0 Å². The summed E-state index contributed by atoms with van der Waals surface area (Å²) in [5.74, 6) is 0. The van der Waals surface area contributed by atoms with Crippen LogP contribution in [0.25, 0.3) is 22.3 Å². The second-order valence-electron chi connectivity index (χ2n) is 11.7. The Morgan fingerprint density at radius 1 is 0.432 bits per heavy atom. The van der Waals surface area contributed by atoms with Gasteiger partial charge in [0.05, 0.1) is 11.4 Å². The van der Waals surface area contributed by atoms with Gasteiger partial charge in [-0.25, -0.2) is 0 Å². The second-order valence-corrected chi connectivity index (χ2v) is 11.7. The topological polar surface area (TPSA) is 38.0 Å². The fourth-order valence-electron chi connectivity index (χ4n) is 4.99. The number of nitrogen functional groups attached to an aromatic ring is 1. The summed E-state index contributed by atoms with van der Waals surface area (Å²) in [6, 6.07) is 3.69. The molecule has 28 radical (unpaired) electrons. The van der Waals surface area contributed by atoms with E-state index in [0.29, 0.717) is 11.1 Å². The van der Waals surface area contributed by atoms with Crippen LogP contribution in [0.3, 0.4) is 0 Å². The lowest BCUT2D eigenvalue weighted by molar-refractivity contribution is 0.591. The lowest BCUT2D eigenvalue weighted by Gasteiger charge is -2.31. The lowest BCUT2D eigenvalue weighted by Crippen LogP contribution is -2.55. The van der Waals surface area contributed by atoms with Gasteiger partial charge in [-0.15, -0.1) is 43.7 Å². The summed E-state index contributed by atoms with van der Waals surface area (Å²) in [5, 5.41) is 3.26. The molecule has 4 rings (SSSR count). The van der Waals surface area contributed by atoms with Gasteiger partial charge in [-0.2, -0.15) is 0 Å². The number of hydrogen-bond acceptors (Lipinski definition) is 2. The molecule has 0 saturated carbocycles. The third kappa shape index (κ3) is 5.43. The molecule has 0 spiro atoms. The summed E-state index contributed by atoms with van der Waals surface area (Å²) in [6.45, 7) is 5.99. The van der Waals surface area contributed by atoms with Gasteiger partial charge < -0.3 is 11.1 Å². The van der Waals surface area contributed by atoms with Gasteiger partial charge in [0.15, 0.2) is 0 Å². The molecular formula is C28H14B14N2. The number of hydrogen-bond donors (Lipinski definition) is 2. The Bertz CT molecular complexity index is 1700. The smallest absolute Gasteiger partial charge is 0.115 e. The number of benzene rings is 4. The highest BCUT2D eigenvalue weighted by atomic mass is 14.9. The van der Waals surface area contributed by atoms with E-state index in [4.69, 9.17) is 116 Å². The van der Waals surface area contributed by atoms with Gasteiger partial charge in [-0.3, -0.25) is 0 Å². The zero-order valence-electron chi connectivity index (χ0n) is 24.8. The zero-order valence-corrected chi connectivity index (χ0v) is 24.8. The van der Waals surface area contributed by atoms with Crippen LogP contribution in [-0.2, 0) is 5.41 Å². The highest BCUT2D eigenvalue weighted by Gasteiger charge is 2.26. The maximum Gasteiger partial charge on any atom is 0.115 e. The minimum Gasteiger partial charge on any atom is -0.398 e. The molecule has 0 saturated heterocycles. The van der Waals surface area contributed by atoms with Crippen LogP contribution in [0.15, 0.2) is 12.1 Å². The number of anilines is 3. The summed E-state index contributed by atoms with van der Waals surface area (Å²) in [7, 11) is 88.5. The summed E-state index contributed by atoms with van der Waals surface area (Å²) >= 11 is 0. The monoisotopic (exact) mass is 532 g/mol. The van der Waals surface area contributed by atoms with Gasteiger partial charge in [-0.05, 0) is 34.2 Å². The fourth-order valence-corrected chi connectivity index (χ4v) is 4.99. The first kappa shape index (κ1) is 34.3. The molecule has 0 unspecified atom stereocenters. The SMILES string of the molecule is [B]c1c([B])c([B])c(-c2cc(C(C)(C)C)cc(-c3c([B])c([B])c([B])c([B])c3[B])c2Nc2c([B])c([B])c([B])c([B])c2N)c([B])c1[B]. The molecule has 0 aliphatic heterocycles. The lowest BCUT2D eigenvalue weighted by atomic mass is 9.58. The van der Waals surface area contributed by atoms with Crippen molar-refractivity contribution >= 4 is 203 Å². The predicted octanol–water partition coefficient (Wildman–Crippen LogP) is -9.24. The fraction of sp³-hybridized carbons (Fsp3) is 0.143. The van der Waals surface area contributed by atoms with E-state index in [1.807, 2.05) is 32.9 Å². The van der Waals surface area contributed by atoms with Crippen LogP contribution < -0.4 is 87.5 Å². The van der Waals surface area contributed by atoms with Gasteiger partial charge in [0.25, 0.3) is 0 Å². The van der Waals surface area contributed by atoms with E-state index in [1.165, 1.54) is 0 Å². The van der Waals surface area contributed by atoms with Gasteiger partial charge in [0, 0.05) is 16.8 Å². The van der Waals surface area contributed by atoms with Crippen LogP contribution in [0.2, 0.25) is 0 Å². The summed E-state index contributed by atoms with van der Waals surface area (Å²) in [6.07, 6.45) is 0. The first-order valence-electron chi connectivity index (χ1n) is 13.2.